The number of nitrogens with two attached hydrogens (primary N) is 1. The van der Waals surface area contributed by atoms with Gasteiger partial charge in [-0.3, -0.25) is 0 Å². The zero-order valence-corrected chi connectivity index (χ0v) is 16.8. The van der Waals surface area contributed by atoms with Gasteiger partial charge in [-0.05, 0) is 54.8 Å². The Morgan fingerprint density at radius 3 is 2.15 bits per heavy atom. The van der Waals surface area contributed by atoms with E-state index in [1.807, 2.05) is 0 Å². The molecule has 0 spiro atoms. The minimum absolute atomic E-state index is 0.00469. The zero-order chi connectivity index (χ0) is 19.7. The second-order valence-electron chi connectivity index (χ2n) is 6.26. The Kier molecular flexibility index (Phi) is 5.78. The van der Waals surface area contributed by atoms with Gasteiger partial charge in [-0.2, -0.15) is 4.31 Å². The molecule has 7 nitrogen and oxygen atoms in total. The maximum atomic E-state index is 12.5. The normalized spacial score (nSPS) is 15.9. The maximum absolute atomic E-state index is 12.5. The minimum Gasteiger partial charge on any atom is -0.399 e. The quantitative estimate of drug-likeness (QED) is 0.684. The standard InChI is InChI=1S/C17H20ClN3O4S2/c18-17-11-14(19)4-3-13(17)12-20-26(22,23)15-5-7-16(8-6-15)27(24,25)21-9-1-2-10-21/h3-8,11,20H,1-2,9-10,12,19H2. The average Bonchev–Trinajstić information content (AvgIpc) is 3.16. The lowest BCUT2D eigenvalue weighted by molar-refractivity contribution is 0.477. The van der Waals surface area contributed by atoms with E-state index in [4.69, 9.17) is 17.3 Å². The van der Waals surface area contributed by atoms with Gasteiger partial charge in [0.05, 0.1) is 9.79 Å². The number of hydrogen-bond donors (Lipinski definition) is 2. The van der Waals surface area contributed by atoms with E-state index >= 15 is 0 Å². The molecule has 3 rings (SSSR count). The summed E-state index contributed by atoms with van der Waals surface area (Å²) in [5, 5.41) is 0.366. The Hall–Kier alpha value is -1.65. The molecule has 0 unspecified atom stereocenters. The number of anilines is 1. The van der Waals surface area contributed by atoms with Crippen LogP contribution in [0.1, 0.15) is 18.4 Å². The number of sulfonamides is 2. The predicted octanol–water partition coefficient (Wildman–Crippen LogP) is 2.19. The predicted molar refractivity (Wildman–Crippen MR) is 104 cm³/mol. The van der Waals surface area contributed by atoms with E-state index in [1.54, 1.807) is 18.2 Å². The van der Waals surface area contributed by atoms with Crippen LogP contribution in [0.15, 0.2) is 52.3 Å². The van der Waals surface area contributed by atoms with Crippen LogP contribution in [0.3, 0.4) is 0 Å². The van der Waals surface area contributed by atoms with Gasteiger partial charge in [-0.15, -0.1) is 0 Å². The van der Waals surface area contributed by atoms with Gasteiger partial charge in [0.2, 0.25) is 20.0 Å². The SMILES string of the molecule is Nc1ccc(CNS(=O)(=O)c2ccc(S(=O)(=O)N3CCCC3)cc2)c(Cl)c1. The summed E-state index contributed by atoms with van der Waals surface area (Å²) in [5.41, 5.74) is 6.69. The van der Waals surface area contributed by atoms with Crippen molar-refractivity contribution >= 4 is 37.3 Å². The molecule has 1 aliphatic heterocycles. The molecular formula is C17H20ClN3O4S2. The zero-order valence-electron chi connectivity index (χ0n) is 14.4. The monoisotopic (exact) mass is 429 g/mol. The van der Waals surface area contributed by atoms with E-state index in [2.05, 4.69) is 4.72 Å². The lowest BCUT2D eigenvalue weighted by Crippen LogP contribution is -2.28. The van der Waals surface area contributed by atoms with Gasteiger partial charge >= 0.3 is 0 Å². The lowest BCUT2D eigenvalue weighted by atomic mass is 10.2. The van der Waals surface area contributed by atoms with Crippen molar-refractivity contribution in [2.75, 3.05) is 18.8 Å². The Bertz CT molecular complexity index is 1030. The van der Waals surface area contributed by atoms with Crippen LogP contribution in [0.4, 0.5) is 5.69 Å². The van der Waals surface area contributed by atoms with E-state index in [0.717, 1.165) is 12.8 Å². The van der Waals surface area contributed by atoms with Crippen molar-refractivity contribution < 1.29 is 16.8 Å². The van der Waals surface area contributed by atoms with E-state index in [0.29, 0.717) is 29.4 Å². The third-order valence-electron chi connectivity index (χ3n) is 4.37. The van der Waals surface area contributed by atoms with Gasteiger partial charge in [0.25, 0.3) is 0 Å². The van der Waals surface area contributed by atoms with Crippen LogP contribution in [-0.4, -0.2) is 34.2 Å². The molecule has 0 aromatic heterocycles. The van der Waals surface area contributed by atoms with E-state index in [9.17, 15) is 16.8 Å². The summed E-state index contributed by atoms with van der Waals surface area (Å²) in [7, 11) is -7.39. The van der Waals surface area contributed by atoms with Crippen LogP contribution in [0.5, 0.6) is 0 Å². The lowest BCUT2D eigenvalue weighted by Gasteiger charge is -2.15. The highest BCUT2D eigenvalue weighted by molar-refractivity contribution is 7.89. The molecule has 3 N–H and O–H groups in total. The fourth-order valence-corrected chi connectivity index (χ4v) is 5.61. The highest BCUT2D eigenvalue weighted by Gasteiger charge is 2.27. The molecule has 10 heteroatoms. The molecule has 1 saturated heterocycles. The van der Waals surface area contributed by atoms with Gasteiger partial charge in [-0.25, -0.2) is 21.6 Å². The van der Waals surface area contributed by atoms with Crippen LogP contribution < -0.4 is 10.5 Å². The molecule has 0 radical (unpaired) electrons. The van der Waals surface area contributed by atoms with Crippen molar-refractivity contribution in [3.63, 3.8) is 0 Å². The molecule has 2 aromatic carbocycles. The molecule has 146 valence electrons. The Morgan fingerprint density at radius 1 is 0.963 bits per heavy atom. The van der Waals surface area contributed by atoms with E-state index in [-0.39, 0.29) is 16.3 Å². The molecule has 0 amide bonds. The second kappa shape index (κ2) is 7.76. The number of rotatable bonds is 6. The summed E-state index contributed by atoms with van der Waals surface area (Å²) >= 11 is 6.05. The summed E-state index contributed by atoms with van der Waals surface area (Å²) in [6, 6.07) is 10.0. The van der Waals surface area contributed by atoms with E-state index < -0.39 is 20.0 Å². The van der Waals surface area contributed by atoms with Crippen LogP contribution in [0.2, 0.25) is 5.02 Å². The highest BCUT2D eigenvalue weighted by atomic mass is 35.5. The molecule has 0 aliphatic carbocycles. The summed E-state index contributed by atoms with van der Waals surface area (Å²) in [6.45, 7) is 0.980. The highest BCUT2D eigenvalue weighted by Crippen LogP contribution is 2.23. The summed E-state index contributed by atoms with van der Waals surface area (Å²) in [5.74, 6) is 0. The Balaban J connectivity index is 1.75. The molecule has 0 saturated carbocycles. The number of hydrogen-bond acceptors (Lipinski definition) is 5. The molecule has 2 aromatic rings. The van der Waals surface area contributed by atoms with Gasteiger partial charge in [0, 0.05) is 30.3 Å². The molecule has 1 fully saturated rings. The number of halogens is 1. The third-order valence-corrected chi connectivity index (χ3v) is 8.05. The van der Waals surface area contributed by atoms with Crippen LogP contribution >= 0.6 is 11.6 Å². The van der Waals surface area contributed by atoms with Crippen LogP contribution in [-0.2, 0) is 26.6 Å². The van der Waals surface area contributed by atoms with Gasteiger partial charge in [0.15, 0.2) is 0 Å². The molecule has 0 atom stereocenters. The van der Waals surface area contributed by atoms with Crippen LogP contribution in [0.25, 0.3) is 0 Å². The van der Waals surface area contributed by atoms with Crippen molar-refractivity contribution in [3.05, 3.63) is 53.1 Å². The Labute approximate surface area is 164 Å². The fraction of sp³-hybridized carbons (Fsp3) is 0.294. The third kappa shape index (κ3) is 4.44. The van der Waals surface area contributed by atoms with Crippen molar-refractivity contribution in [2.45, 2.75) is 29.2 Å². The molecule has 1 heterocycles. The van der Waals surface area contributed by atoms with Crippen molar-refractivity contribution in [1.82, 2.24) is 9.03 Å². The first-order valence-corrected chi connectivity index (χ1v) is 11.6. The summed E-state index contributed by atoms with van der Waals surface area (Å²) in [6.07, 6.45) is 1.67. The largest absolute Gasteiger partial charge is 0.399 e. The topological polar surface area (TPSA) is 110 Å². The van der Waals surface area contributed by atoms with Gasteiger partial charge in [0.1, 0.15) is 0 Å². The minimum atomic E-state index is -3.81. The first-order valence-electron chi connectivity index (χ1n) is 8.34. The number of nitrogen functional groups attached to an aromatic ring is 1. The van der Waals surface area contributed by atoms with Crippen LogP contribution in [0, 0.1) is 0 Å². The number of nitrogens with one attached hydrogen (secondary N) is 1. The van der Waals surface area contributed by atoms with Crippen molar-refractivity contribution in [3.8, 4) is 0 Å². The van der Waals surface area contributed by atoms with Crippen molar-refractivity contribution in [2.24, 2.45) is 0 Å². The molecule has 27 heavy (non-hydrogen) atoms. The molecular weight excluding hydrogens is 410 g/mol. The summed E-state index contributed by atoms with van der Waals surface area (Å²) < 4.78 is 53.8. The smallest absolute Gasteiger partial charge is 0.243 e. The van der Waals surface area contributed by atoms with Crippen molar-refractivity contribution in [1.29, 1.82) is 0 Å². The fourth-order valence-electron chi connectivity index (χ4n) is 2.83. The van der Waals surface area contributed by atoms with Gasteiger partial charge in [-0.1, -0.05) is 17.7 Å². The number of nitrogens with zero attached hydrogens (tertiary/aromatic N) is 1. The molecule has 1 aliphatic rings. The average molecular weight is 430 g/mol. The second-order valence-corrected chi connectivity index (χ2v) is 10.4. The molecule has 0 bridgehead atoms. The van der Waals surface area contributed by atoms with Gasteiger partial charge < -0.3 is 5.73 Å². The first kappa shape index (κ1) is 20.1. The maximum Gasteiger partial charge on any atom is 0.243 e. The number of benzene rings is 2. The first-order chi connectivity index (χ1) is 12.7. The van der Waals surface area contributed by atoms with E-state index in [1.165, 1.54) is 28.6 Å². The summed E-state index contributed by atoms with van der Waals surface area (Å²) in [4.78, 5) is 0.0689. The Morgan fingerprint density at radius 2 is 1.56 bits per heavy atom.